The van der Waals surface area contributed by atoms with Gasteiger partial charge >= 0.3 is 0 Å². The van der Waals surface area contributed by atoms with Gasteiger partial charge in [-0.25, -0.2) is 0 Å². The molecule has 0 saturated carbocycles. The van der Waals surface area contributed by atoms with Crippen LogP contribution < -0.4 is 10.2 Å². The molecule has 0 radical (unpaired) electrons. The number of hydrogen-bond donors (Lipinski definition) is 1. The molecular weight excluding hydrogens is 290 g/mol. The van der Waals surface area contributed by atoms with E-state index in [2.05, 4.69) is 5.32 Å². The lowest BCUT2D eigenvalue weighted by atomic mass is 10.1. The van der Waals surface area contributed by atoms with Gasteiger partial charge in [0.15, 0.2) is 0 Å². The molecule has 0 spiro atoms. The number of piperazine rings is 1. The second-order valence-corrected chi connectivity index (χ2v) is 5.89. The zero-order valence-electron chi connectivity index (χ0n) is 11.7. The first-order chi connectivity index (χ1) is 10.1. The van der Waals surface area contributed by atoms with E-state index in [4.69, 9.17) is 11.6 Å². The lowest BCUT2D eigenvalue weighted by Crippen LogP contribution is -2.48. The Morgan fingerprint density at radius 2 is 1.86 bits per heavy atom. The molecule has 2 fully saturated rings. The van der Waals surface area contributed by atoms with E-state index in [0.717, 1.165) is 31.9 Å². The molecule has 2 aliphatic heterocycles. The lowest BCUT2D eigenvalue weighted by Gasteiger charge is -2.29. The molecule has 2 aliphatic rings. The van der Waals surface area contributed by atoms with E-state index in [1.807, 2.05) is 17.0 Å². The Kier molecular flexibility index (Phi) is 4.12. The first-order valence-corrected chi connectivity index (χ1v) is 7.58. The first-order valence-electron chi connectivity index (χ1n) is 7.20. The van der Waals surface area contributed by atoms with Crippen LogP contribution in [0, 0.1) is 5.92 Å². The molecule has 1 aromatic rings. The lowest BCUT2D eigenvalue weighted by molar-refractivity contribution is -0.136. The van der Waals surface area contributed by atoms with Crippen LogP contribution in [-0.4, -0.2) is 49.4 Å². The van der Waals surface area contributed by atoms with E-state index in [1.54, 1.807) is 17.0 Å². The van der Waals surface area contributed by atoms with Crippen LogP contribution in [0.3, 0.4) is 0 Å². The van der Waals surface area contributed by atoms with Gasteiger partial charge in [-0.15, -0.1) is 0 Å². The Balaban J connectivity index is 1.69. The van der Waals surface area contributed by atoms with Crippen molar-refractivity contribution >= 4 is 29.1 Å². The normalized spacial score (nSPS) is 22.7. The molecule has 6 heteroatoms. The van der Waals surface area contributed by atoms with Gasteiger partial charge in [0.05, 0.1) is 5.92 Å². The fourth-order valence-electron chi connectivity index (χ4n) is 2.89. The molecule has 0 aromatic heterocycles. The van der Waals surface area contributed by atoms with E-state index in [1.165, 1.54) is 0 Å². The van der Waals surface area contributed by atoms with Gasteiger partial charge < -0.3 is 15.1 Å². The summed E-state index contributed by atoms with van der Waals surface area (Å²) in [7, 11) is 0. The summed E-state index contributed by atoms with van der Waals surface area (Å²) < 4.78 is 0. The standard InChI is InChI=1S/C15H18ClN3O2/c16-12-1-3-13(4-2-12)19-10-11(9-14(19)20)15(21)18-7-5-17-6-8-18/h1-4,11,17H,5-10H2/t11-/m1/s1. The number of carbonyl (C=O) groups excluding carboxylic acids is 2. The van der Waals surface area contributed by atoms with Gasteiger partial charge in [0.1, 0.15) is 0 Å². The van der Waals surface area contributed by atoms with Crippen molar-refractivity contribution in [3.05, 3.63) is 29.3 Å². The van der Waals surface area contributed by atoms with Gasteiger partial charge in [-0.3, -0.25) is 9.59 Å². The minimum Gasteiger partial charge on any atom is -0.340 e. The van der Waals surface area contributed by atoms with E-state index in [9.17, 15) is 9.59 Å². The minimum absolute atomic E-state index is 0.00538. The van der Waals surface area contributed by atoms with Gasteiger partial charge in [0.25, 0.3) is 0 Å². The largest absolute Gasteiger partial charge is 0.340 e. The molecule has 0 bridgehead atoms. The van der Waals surface area contributed by atoms with Crippen LogP contribution in [0.1, 0.15) is 6.42 Å². The predicted molar refractivity (Wildman–Crippen MR) is 81.4 cm³/mol. The number of halogens is 1. The highest BCUT2D eigenvalue weighted by Gasteiger charge is 2.37. The number of anilines is 1. The number of benzene rings is 1. The van der Waals surface area contributed by atoms with E-state index in [-0.39, 0.29) is 17.7 Å². The van der Waals surface area contributed by atoms with Crippen molar-refractivity contribution in [2.24, 2.45) is 5.92 Å². The molecule has 0 aliphatic carbocycles. The highest BCUT2D eigenvalue weighted by molar-refractivity contribution is 6.30. The maximum absolute atomic E-state index is 12.5. The van der Waals surface area contributed by atoms with Gasteiger partial charge in [0, 0.05) is 49.9 Å². The van der Waals surface area contributed by atoms with Crippen molar-refractivity contribution in [2.75, 3.05) is 37.6 Å². The molecule has 5 nitrogen and oxygen atoms in total. The zero-order chi connectivity index (χ0) is 14.8. The Morgan fingerprint density at radius 3 is 2.52 bits per heavy atom. The molecular formula is C15H18ClN3O2. The third-order valence-electron chi connectivity index (χ3n) is 4.04. The van der Waals surface area contributed by atoms with Crippen LogP contribution in [0.5, 0.6) is 0 Å². The SMILES string of the molecule is O=C([C@@H]1CC(=O)N(c2ccc(Cl)cc2)C1)N1CCNCC1. The average Bonchev–Trinajstić information content (AvgIpc) is 2.90. The summed E-state index contributed by atoms with van der Waals surface area (Å²) in [6, 6.07) is 7.15. The topological polar surface area (TPSA) is 52.7 Å². The van der Waals surface area contributed by atoms with E-state index < -0.39 is 0 Å². The van der Waals surface area contributed by atoms with Crippen molar-refractivity contribution < 1.29 is 9.59 Å². The van der Waals surface area contributed by atoms with Gasteiger partial charge in [-0.05, 0) is 24.3 Å². The number of nitrogens with one attached hydrogen (secondary N) is 1. The highest BCUT2D eigenvalue weighted by Crippen LogP contribution is 2.27. The van der Waals surface area contributed by atoms with Crippen molar-refractivity contribution in [1.82, 2.24) is 10.2 Å². The molecule has 3 rings (SSSR count). The summed E-state index contributed by atoms with van der Waals surface area (Å²) in [5.41, 5.74) is 0.806. The summed E-state index contributed by atoms with van der Waals surface area (Å²) in [5.74, 6) is -0.126. The number of rotatable bonds is 2. The van der Waals surface area contributed by atoms with Crippen molar-refractivity contribution in [3.63, 3.8) is 0 Å². The molecule has 112 valence electrons. The molecule has 2 heterocycles. The van der Waals surface area contributed by atoms with Crippen molar-refractivity contribution in [2.45, 2.75) is 6.42 Å². The minimum atomic E-state index is -0.230. The van der Waals surface area contributed by atoms with E-state index >= 15 is 0 Å². The third kappa shape index (κ3) is 3.04. The summed E-state index contributed by atoms with van der Waals surface area (Å²) in [5, 5.41) is 3.86. The number of carbonyl (C=O) groups is 2. The Bertz CT molecular complexity index is 540. The second-order valence-electron chi connectivity index (χ2n) is 5.46. The summed E-state index contributed by atoms with van der Waals surface area (Å²) in [4.78, 5) is 28.2. The van der Waals surface area contributed by atoms with Crippen molar-refractivity contribution in [1.29, 1.82) is 0 Å². The first kappa shape index (κ1) is 14.4. The maximum Gasteiger partial charge on any atom is 0.228 e. The van der Waals surface area contributed by atoms with Crippen LogP contribution in [0.2, 0.25) is 5.02 Å². The smallest absolute Gasteiger partial charge is 0.228 e. The molecule has 0 unspecified atom stereocenters. The Labute approximate surface area is 128 Å². The second kappa shape index (κ2) is 6.03. The van der Waals surface area contributed by atoms with E-state index in [0.29, 0.717) is 18.0 Å². The van der Waals surface area contributed by atoms with Crippen LogP contribution >= 0.6 is 11.6 Å². The fraction of sp³-hybridized carbons (Fsp3) is 0.467. The van der Waals surface area contributed by atoms with Crippen LogP contribution in [-0.2, 0) is 9.59 Å². The third-order valence-corrected chi connectivity index (χ3v) is 4.29. The summed E-state index contributed by atoms with van der Waals surface area (Å²) >= 11 is 5.87. The quantitative estimate of drug-likeness (QED) is 0.891. The molecule has 21 heavy (non-hydrogen) atoms. The van der Waals surface area contributed by atoms with Gasteiger partial charge in [-0.1, -0.05) is 11.6 Å². The fourth-order valence-corrected chi connectivity index (χ4v) is 3.01. The molecule has 2 amide bonds. The van der Waals surface area contributed by atoms with Crippen LogP contribution in [0.25, 0.3) is 0 Å². The number of hydrogen-bond acceptors (Lipinski definition) is 3. The molecule has 1 N–H and O–H groups in total. The number of amides is 2. The zero-order valence-corrected chi connectivity index (χ0v) is 12.5. The van der Waals surface area contributed by atoms with Crippen LogP contribution in [0.15, 0.2) is 24.3 Å². The number of nitrogens with zero attached hydrogens (tertiary/aromatic N) is 2. The molecule has 1 atom stereocenters. The summed E-state index contributed by atoms with van der Waals surface area (Å²) in [6.45, 7) is 3.57. The monoisotopic (exact) mass is 307 g/mol. The van der Waals surface area contributed by atoms with Crippen LogP contribution in [0.4, 0.5) is 5.69 Å². The Morgan fingerprint density at radius 1 is 1.19 bits per heavy atom. The van der Waals surface area contributed by atoms with Gasteiger partial charge in [0.2, 0.25) is 11.8 Å². The molecule has 2 saturated heterocycles. The predicted octanol–water partition coefficient (Wildman–Crippen LogP) is 1.12. The summed E-state index contributed by atoms with van der Waals surface area (Å²) in [6.07, 6.45) is 0.297. The van der Waals surface area contributed by atoms with Crippen molar-refractivity contribution in [3.8, 4) is 0 Å². The molecule has 1 aromatic carbocycles. The Hall–Kier alpha value is -1.59. The highest BCUT2D eigenvalue weighted by atomic mass is 35.5. The average molecular weight is 308 g/mol. The van der Waals surface area contributed by atoms with Gasteiger partial charge in [-0.2, -0.15) is 0 Å². The maximum atomic E-state index is 12.5.